The number of hydrogen-bond donors (Lipinski definition) is 1. The van der Waals surface area contributed by atoms with E-state index in [1.165, 1.54) is 12.1 Å². The van der Waals surface area contributed by atoms with Crippen molar-refractivity contribution in [3.8, 4) is 11.8 Å². The Hall–Kier alpha value is -1.60. The van der Waals surface area contributed by atoms with Crippen molar-refractivity contribution in [2.45, 2.75) is 50.8 Å². The zero-order valence-electron chi connectivity index (χ0n) is 11.3. The van der Waals surface area contributed by atoms with Crippen LogP contribution < -0.4 is 10.1 Å². The van der Waals surface area contributed by atoms with E-state index in [-0.39, 0.29) is 11.9 Å². The van der Waals surface area contributed by atoms with Gasteiger partial charge in [0.1, 0.15) is 17.1 Å². The third-order valence-corrected chi connectivity index (χ3v) is 3.18. The topological polar surface area (TPSA) is 45.0 Å². The van der Waals surface area contributed by atoms with Crippen LogP contribution in [0, 0.1) is 17.1 Å². The summed E-state index contributed by atoms with van der Waals surface area (Å²) in [6.45, 7) is 3.78. The van der Waals surface area contributed by atoms with Gasteiger partial charge in [-0.2, -0.15) is 5.26 Å². The predicted molar refractivity (Wildman–Crippen MR) is 71.3 cm³/mol. The fourth-order valence-corrected chi connectivity index (χ4v) is 2.20. The SMILES string of the molecule is CC(CC(C)(C#N)NC1CC1)Oc1cccc(F)c1. The molecule has 2 atom stereocenters. The molecule has 19 heavy (non-hydrogen) atoms. The number of nitrogens with zero attached hydrogens (tertiary/aromatic N) is 1. The van der Waals surface area contributed by atoms with Gasteiger partial charge < -0.3 is 4.74 Å². The highest BCUT2D eigenvalue weighted by atomic mass is 19.1. The summed E-state index contributed by atoms with van der Waals surface area (Å²) in [4.78, 5) is 0. The summed E-state index contributed by atoms with van der Waals surface area (Å²) in [5.74, 6) is 0.183. The molecule has 0 amide bonds. The van der Waals surface area contributed by atoms with Crippen LogP contribution in [0.25, 0.3) is 0 Å². The fourth-order valence-electron chi connectivity index (χ4n) is 2.20. The second-order valence-electron chi connectivity index (χ2n) is 5.45. The van der Waals surface area contributed by atoms with Crippen molar-refractivity contribution in [1.82, 2.24) is 5.32 Å². The zero-order valence-corrected chi connectivity index (χ0v) is 11.3. The van der Waals surface area contributed by atoms with Crippen LogP contribution in [0.1, 0.15) is 33.1 Å². The maximum atomic E-state index is 13.1. The molecule has 0 heterocycles. The zero-order chi connectivity index (χ0) is 13.9. The minimum Gasteiger partial charge on any atom is -0.491 e. The molecule has 0 saturated heterocycles. The minimum atomic E-state index is -0.589. The molecule has 1 aromatic rings. The van der Waals surface area contributed by atoms with Gasteiger partial charge in [-0.1, -0.05) is 6.07 Å². The number of benzene rings is 1. The van der Waals surface area contributed by atoms with Crippen LogP contribution in [0.4, 0.5) is 4.39 Å². The molecule has 1 saturated carbocycles. The number of ether oxygens (including phenoxy) is 1. The molecule has 2 unspecified atom stereocenters. The maximum absolute atomic E-state index is 13.1. The summed E-state index contributed by atoms with van der Waals surface area (Å²) >= 11 is 0. The van der Waals surface area contributed by atoms with Crippen molar-refractivity contribution >= 4 is 0 Å². The summed E-state index contributed by atoms with van der Waals surface area (Å²) in [5, 5.41) is 12.6. The van der Waals surface area contributed by atoms with Crippen molar-refractivity contribution in [3.63, 3.8) is 0 Å². The molecule has 1 fully saturated rings. The van der Waals surface area contributed by atoms with E-state index < -0.39 is 5.54 Å². The van der Waals surface area contributed by atoms with E-state index in [1.807, 2.05) is 13.8 Å². The first-order valence-electron chi connectivity index (χ1n) is 6.62. The van der Waals surface area contributed by atoms with E-state index in [4.69, 9.17) is 4.74 Å². The Morgan fingerprint density at radius 3 is 2.89 bits per heavy atom. The summed E-state index contributed by atoms with van der Waals surface area (Å²) in [6.07, 6.45) is 2.68. The number of halogens is 1. The average Bonchev–Trinajstić information content (AvgIpc) is 3.12. The van der Waals surface area contributed by atoms with Crippen LogP contribution in [0.5, 0.6) is 5.75 Å². The average molecular weight is 262 g/mol. The van der Waals surface area contributed by atoms with E-state index in [0.717, 1.165) is 12.8 Å². The Labute approximate surface area is 113 Å². The van der Waals surface area contributed by atoms with Crippen molar-refractivity contribution in [3.05, 3.63) is 30.1 Å². The molecule has 0 spiro atoms. The lowest BCUT2D eigenvalue weighted by Gasteiger charge is -2.27. The van der Waals surface area contributed by atoms with Crippen LogP contribution >= 0.6 is 0 Å². The van der Waals surface area contributed by atoms with Gasteiger partial charge >= 0.3 is 0 Å². The lowest BCUT2D eigenvalue weighted by molar-refractivity contribution is 0.178. The molecule has 1 aliphatic carbocycles. The van der Waals surface area contributed by atoms with Crippen LogP contribution in [-0.2, 0) is 0 Å². The Kier molecular flexibility index (Phi) is 4.06. The highest BCUT2D eigenvalue weighted by Crippen LogP contribution is 2.25. The molecule has 2 rings (SSSR count). The Bertz CT molecular complexity index is 481. The molecule has 1 aromatic carbocycles. The second kappa shape index (κ2) is 5.58. The van der Waals surface area contributed by atoms with Gasteiger partial charge in [0, 0.05) is 18.5 Å². The molecular formula is C15H19FN2O. The van der Waals surface area contributed by atoms with Gasteiger partial charge in [0.15, 0.2) is 0 Å². The lowest BCUT2D eigenvalue weighted by atomic mass is 9.96. The monoisotopic (exact) mass is 262 g/mol. The number of hydrogen-bond acceptors (Lipinski definition) is 3. The fraction of sp³-hybridized carbons (Fsp3) is 0.533. The third kappa shape index (κ3) is 4.22. The Morgan fingerprint density at radius 1 is 1.58 bits per heavy atom. The minimum absolute atomic E-state index is 0.155. The first-order valence-corrected chi connectivity index (χ1v) is 6.62. The first-order chi connectivity index (χ1) is 9.00. The number of rotatable bonds is 6. The highest BCUT2D eigenvalue weighted by Gasteiger charge is 2.34. The number of nitriles is 1. The molecule has 0 bridgehead atoms. The van der Waals surface area contributed by atoms with Crippen LogP contribution in [0.3, 0.4) is 0 Å². The van der Waals surface area contributed by atoms with E-state index in [2.05, 4.69) is 11.4 Å². The quantitative estimate of drug-likeness (QED) is 0.857. The molecule has 0 radical (unpaired) electrons. The van der Waals surface area contributed by atoms with Gasteiger partial charge in [0.25, 0.3) is 0 Å². The Morgan fingerprint density at radius 2 is 2.32 bits per heavy atom. The normalized spacial score (nSPS) is 19.3. The van der Waals surface area contributed by atoms with Gasteiger partial charge in [0.05, 0.1) is 12.2 Å². The van der Waals surface area contributed by atoms with Crippen molar-refractivity contribution in [1.29, 1.82) is 5.26 Å². The molecule has 1 N–H and O–H groups in total. The summed E-state index contributed by atoms with van der Waals surface area (Å²) < 4.78 is 18.7. The van der Waals surface area contributed by atoms with Crippen molar-refractivity contribution in [2.24, 2.45) is 0 Å². The largest absolute Gasteiger partial charge is 0.491 e. The van der Waals surface area contributed by atoms with E-state index in [9.17, 15) is 9.65 Å². The van der Waals surface area contributed by atoms with Gasteiger partial charge in [-0.3, -0.25) is 5.32 Å². The smallest absolute Gasteiger partial charge is 0.126 e. The lowest BCUT2D eigenvalue weighted by Crippen LogP contribution is -2.45. The first kappa shape index (κ1) is 13.8. The molecular weight excluding hydrogens is 243 g/mol. The molecule has 0 aliphatic heterocycles. The van der Waals surface area contributed by atoms with Gasteiger partial charge in [0.2, 0.25) is 0 Å². The molecule has 3 nitrogen and oxygen atoms in total. The maximum Gasteiger partial charge on any atom is 0.126 e. The molecule has 0 aromatic heterocycles. The van der Waals surface area contributed by atoms with Gasteiger partial charge in [-0.25, -0.2) is 4.39 Å². The molecule has 1 aliphatic rings. The molecule has 102 valence electrons. The van der Waals surface area contributed by atoms with Crippen molar-refractivity contribution in [2.75, 3.05) is 0 Å². The van der Waals surface area contributed by atoms with E-state index in [0.29, 0.717) is 18.2 Å². The summed E-state index contributed by atoms with van der Waals surface area (Å²) in [5.41, 5.74) is -0.589. The van der Waals surface area contributed by atoms with Crippen LogP contribution in [-0.4, -0.2) is 17.7 Å². The second-order valence-corrected chi connectivity index (χ2v) is 5.45. The van der Waals surface area contributed by atoms with Crippen LogP contribution in [0.2, 0.25) is 0 Å². The van der Waals surface area contributed by atoms with Crippen LogP contribution in [0.15, 0.2) is 24.3 Å². The Balaban J connectivity index is 1.92. The van der Waals surface area contributed by atoms with Gasteiger partial charge in [-0.05, 0) is 38.8 Å². The molecule has 4 heteroatoms. The summed E-state index contributed by atoms with van der Waals surface area (Å²) in [7, 11) is 0. The van der Waals surface area contributed by atoms with Gasteiger partial charge in [-0.15, -0.1) is 0 Å². The van der Waals surface area contributed by atoms with E-state index >= 15 is 0 Å². The standard InChI is InChI=1S/C15H19FN2O/c1-11(19-14-5-3-4-12(16)8-14)9-15(2,10-17)18-13-6-7-13/h3-5,8,11,13,18H,6-7,9H2,1-2H3. The highest BCUT2D eigenvalue weighted by molar-refractivity contribution is 5.22. The van der Waals surface area contributed by atoms with E-state index in [1.54, 1.807) is 12.1 Å². The number of nitrogens with one attached hydrogen (secondary N) is 1. The predicted octanol–water partition coefficient (Wildman–Crippen LogP) is 3.02. The van der Waals surface area contributed by atoms with Crippen molar-refractivity contribution < 1.29 is 9.13 Å². The third-order valence-electron chi connectivity index (χ3n) is 3.18. The summed E-state index contributed by atoms with van der Waals surface area (Å²) in [6, 6.07) is 8.85.